The molecular formula is C15H22F3IN6S. The van der Waals surface area contributed by atoms with E-state index in [2.05, 4.69) is 25.7 Å². The van der Waals surface area contributed by atoms with Gasteiger partial charge in [0, 0.05) is 31.7 Å². The Morgan fingerprint density at radius 3 is 2.50 bits per heavy atom. The normalized spacial score (nSPS) is 12.0. The lowest BCUT2D eigenvalue weighted by Crippen LogP contribution is -2.37. The third kappa shape index (κ3) is 5.83. The maximum atomic E-state index is 12.5. The summed E-state index contributed by atoms with van der Waals surface area (Å²) in [7, 11) is 3.52. The fourth-order valence-electron chi connectivity index (χ4n) is 2.39. The maximum absolute atomic E-state index is 12.5. The number of aliphatic imine (C=N–C) groups is 1. The second kappa shape index (κ2) is 9.53. The van der Waals surface area contributed by atoms with Crippen LogP contribution in [0.3, 0.4) is 0 Å². The molecule has 0 aromatic carbocycles. The Balaban J connectivity index is 0.00000338. The first-order valence-electron chi connectivity index (χ1n) is 7.67. The third-order valence-corrected chi connectivity index (χ3v) is 4.65. The van der Waals surface area contributed by atoms with Gasteiger partial charge in [-0.3, -0.25) is 9.67 Å². The highest BCUT2D eigenvalue weighted by Crippen LogP contribution is 2.29. The molecular weight excluding hydrogens is 480 g/mol. The van der Waals surface area contributed by atoms with Crippen molar-refractivity contribution in [3.05, 3.63) is 33.0 Å². The van der Waals surface area contributed by atoms with Crippen molar-refractivity contribution in [1.82, 2.24) is 25.4 Å². The Kier molecular flexibility index (Phi) is 8.31. The van der Waals surface area contributed by atoms with Crippen LogP contribution < -0.4 is 10.6 Å². The lowest BCUT2D eigenvalue weighted by Gasteiger charge is -2.11. The molecule has 2 aromatic heterocycles. The summed E-state index contributed by atoms with van der Waals surface area (Å²) in [6.07, 6.45) is -3.63. The summed E-state index contributed by atoms with van der Waals surface area (Å²) >= 11 is 0.969. The minimum atomic E-state index is -4.41. The van der Waals surface area contributed by atoms with Crippen molar-refractivity contribution in [1.29, 1.82) is 0 Å². The molecule has 0 spiro atoms. The number of aryl methyl sites for hydroxylation is 2. The quantitative estimate of drug-likeness (QED) is 0.375. The van der Waals surface area contributed by atoms with E-state index in [-0.39, 0.29) is 30.5 Å². The fraction of sp³-hybridized carbons (Fsp3) is 0.533. The van der Waals surface area contributed by atoms with Crippen LogP contribution in [0.2, 0.25) is 0 Å². The van der Waals surface area contributed by atoms with Crippen molar-refractivity contribution in [3.8, 4) is 0 Å². The second-order valence-electron chi connectivity index (χ2n) is 5.50. The van der Waals surface area contributed by atoms with E-state index in [9.17, 15) is 13.2 Å². The van der Waals surface area contributed by atoms with Crippen LogP contribution in [0, 0.1) is 13.8 Å². The highest BCUT2D eigenvalue weighted by atomic mass is 127. The Bertz CT molecular complexity index is 753. The summed E-state index contributed by atoms with van der Waals surface area (Å²) in [5.41, 5.74) is 2.43. The molecule has 0 bridgehead atoms. The van der Waals surface area contributed by atoms with Crippen LogP contribution in [0.1, 0.15) is 27.7 Å². The topological polar surface area (TPSA) is 67.1 Å². The minimum absolute atomic E-state index is 0. The highest BCUT2D eigenvalue weighted by molar-refractivity contribution is 14.0. The van der Waals surface area contributed by atoms with Gasteiger partial charge in [-0.1, -0.05) is 0 Å². The largest absolute Gasteiger partial charge is 0.434 e. The van der Waals surface area contributed by atoms with Crippen LogP contribution in [0.5, 0.6) is 0 Å². The van der Waals surface area contributed by atoms with Gasteiger partial charge in [0.25, 0.3) is 0 Å². The Hall–Kier alpha value is -1.37. The van der Waals surface area contributed by atoms with E-state index in [1.807, 2.05) is 25.6 Å². The molecule has 6 nitrogen and oxygen atoms in total. The minimum Gasteiger partial charge on any atom is -0.356 e. The first-order chi connectivity index (χ1) is 11.7. The predicted molar refractivity (Wildman–Crippen MR) is 107 cm³/mol. The van der Waals surface area contributed by atoms with Gasteiger partial charge in [0.05, 0.1) is 12.2 Å². The van der Waals surface area contributed by atoms with Gasteiger partial charge < -0.3 is 10.6 Å². The Morgan fingerprint density at radius 2 is 2.00 bits per heavy atom. The van der Waals surface area contributed by atoms with Crippen molar-refractivity contribution >= 4 is 41.3 Å². The number of nitrogens with zero attached hydrogens (tertiary/aromatic N) is 4. The Labute approximate surface area is 171 Å². The van der Waals surface area contributed by atoms with E-state index in [1.54, 1.807) is 7.05 Å². The van der Waals surface area contributed by atoms with Crippen LogP contribution >= 0.6 is 35.3 Å². The van der Waals surface area contributed by atoms with E-state index >= 15 is 0 Å². The van der Waals surface area contributed by atoms with Gasteiger partial charge in [-0.05, 0) is 25.8 Å². The van der Waals surface area contributed by atoms with Crippen LogP contribution in [-0.2, 0) is 26.2 Å². The van der Waals surface area contributed by atoms with Crippen molar-refractivity contribution in [3.63, 3.8) is 0 Å². The maximum Gasteiger partial charge on any atom is 0.434 e. The fourth-order valence-corrected chi connectivity index (χ4v) is 3.13. The lowest BCUT2D eigenvalue weighted by atomic mass is 10.1. The second-order valence-corrected chi connectivity index (χ2v) is 6.44. The van der Waals surface area contributed by atoms with Crippen molar-refractivity contribution in [2.24, 2.45) is 12.0 Å². The van der Waals surface area contributed by atoms with Gasteiger partial charge in [0.2, 0.25) is 0 Å². The molecule has 0 saturated heterocycles. The molecule has 0 aliphatic heterocycles. The molecule has 0 unspecified atom stereocenters. The molecule has 146 valence electrons. The molecule has 0 amide bonds. The number of nitrogens with one attached hydrogen (secondary N) is 2. The Morgan fingerprint density at radius 1 is 1.31 bits per heavy atom. The molecule has 0 saturated carbocycles. The van der Waals surface area contributed by atoms with Crippen LogP contribution in [0.15, 0.2) is 10.4 Å². The summed E-state index contributed by atoms with van der Waals surface area (Å²) < 4.78 is 39.5. The summed E-state index contributed by atoms with van der Waals surface area (Å²) in [5, 5.41) is 11.9. The van der Waals surface area contributed by atoms with Gasteiger partial charge >= 0.3 is 6.18 Å². The number of guanidine groups is 1. The first kappa shape index (κ1) is 22.7. The number of hydrogen-bond donors (Lipinski definition) is 2. The van der Waals surface area contributed by atoms with Gasteiger partial charge in [-0.2, -0.15) is 18.3 Å². The molecule has 11 heteroatoms. The zero-order chi connectivity index (χ0) is 18.6. The van der Waals surface area contributed by atoms with E-state index in [1.165, 1.54) is 5.56 Å². The highest BCUT2D eigenvalue weighted by Gasteiger charge is 2.33. The average molecular weight is 502 g/mol. The molecule has 2 N–H and O–H groups in total. The SMILES string of the molecule is CN=C(NCCc1c(C)nn(C)c1C)NCc1nc(C(F)(F)F)cs1.I. The molecule has 0 radical (unpaired) electrons. The molecule has 0 atom stereocenters. The molecule has 26 heavy (non-hydrogen) atoms. The monoisotopic (exact) mass is 502 g/mol. The van der Waals surface area contributed by atoms with Gasteiger partial charge in [0.15, 0.2) is 11.7 Å². The van der Waals surface area contributed by atoms with Crippen LogP contribution in [-0.4, -0.2) is 34.3 Å². The standard InChI is InChI=1S/C15H21F3N6S.HI/c1-9-11(10(2)24(4)23-9)5-6-20-14(19-3)21-7-13-22-12(8-25-13)15(16,17)18;/h8H,5-7H2,1-4H3,(H2,19,20,21);1H. The van der Waals surface area contributed by atoms with Gasteiger partial charge in [0.1, 0.15) is 5.01 Å². The molecule has 2 aromatic rings. The summed E-state index contributed by atoms with van der Waals surface area (Å²) in [4.78, 5) is 7.65. The number of aromatic nitrogens is 3. The summed E-state index contributed by atoms with van der Waals surface area (Å²) in [6, 6.07) is 0. The summed E-state index contributed by atoms with van der Waals surface area (Å²) in [6.45, 7) is 4.81. The zero-order valence-electron chi connectivity index (χ0n) is 14.9. The van der Waals surface area contributed by atoms with E-state index in [4.69, 9.17) is 0 Å². The zero-order valence-corrected chi connectivity index (χ0v) is 18.1. The number of halogens is 4. The molecule has 0 aliphatic rings. The van der Waals surface area contributed by atoms with E-state index in [0.717, 1.165) is 34.5 Å². The number of thiazole rings is 1. The van der Waals surface area contributed by atoms with Gasteiger partial charge in [-0.15, -0.1) is 35.3 Å². The smallest absolute Gasteiger partial charge is 0.356 e. The number of hydrogen-bond acceptors (Lipinski definition) is 4. The predicted octanol–water partition coefficient (Wildman–Crippen LogP) is 3.04. The van der Waals surface area contributed by atoms with Gasteiger partial charge in [-0.25, -0.2) is 4.98 Å². The van der Waals surface area contributed by atoms with E-state index in [0.29, 0.717) is 17.5 Å². The lowest BCUT2D eigenvalue weighted by molar-refractivity contribution is -0.140. The van der Waals surface area contributed by atoms with Crippen molar-refractivity contribution in [2.45, 2.75) is 33.0 Å². The molecule has 2 rings (SSSR count). The average Bonchev–Trinajstić information content (AvgIpc) is 3.10. The van der Waals surface area contributed by atoms with Crippen molar-refractivity contribution in [2.75, 3.05) is 13.6 Å². The number of rotatable bonds is 5. The van der Waals surface area contributed by atoms with Crippen LogP contribution in [0.4, 0.5) is 13.2 Å². The molecule has 0 aliphatic carbocycles. The first-order valence-corrected chi connectivity index (χ1v) is 8.55. The van der Waals surface area contributed by atoms with Crippen LogP contribution in [0.25, 0.3) is 0 Å². The number of alkyl halides is 3. The molecule has 0 fully saturated rings. The third-order valence-electron chi connectivity index (χ3n) is 3.80. The van der Waals surface area contributed by atoms with E-state index < -0.39 is 11.9 Å². The van der Waals surface area contributed by atoms with Crippen molar-refractivity contribution < 1.29 is 13.2 Å². The summed E-state index contributed by atoms with van der Waals surface area (Å²) in [5.74, 6) is 0.517. The molecule has 2 heterocycles.